The van der Waals surface area contributed by atoms with Crippen molar-refractivity contribution < 1.29 is 9.47 Å². The maximum Gasteiger partial charge on any atom is 0.216 e. The molecule has 0 saturated heterocycles. The molecule has 4 heteroatoms. The van der Waals surface area contributed by atoms with Crippen LogP contribution >= 0.6 is 0 Å². The molecule has 0 radical (unpaired) electrons. The molecule has 0 saturated carbocycles. The van der Waals surface area contributed by atoms with Gasteiger partial charge in [0.1, 0.15) is 0 Å². The summed E-state index contributed by atoms with van der Waals surface area (Å²) >= 11 is 0. The molecule has 0 fully saturated rings. The van der Waals surface area contributed by atoms with Gasteiger partial charge < -0.3 is 14.5 Å². The van der Waals surface area contributed by atoms with Gasteiger partial charge in [0.25, 0.3) is 0 Å². The first-order valence-corrected chi connectivity index (χ1v) is 4.90. The van der Waals surface area contributed by atoms with Gasteiger partial charge >= 0.3 is 0 Å². The number of H-pyrrole nitrogens is 1. The summed E-state index contributed by atoms with van der Waals surface area (Å²) in [5.41, 5.74) is 2.27. The van der Waals surface area contributed by atoms with Gasteiger partial charge in [-0.25, -0.2) is 4.98 Å². The molecule has 0 aliphatic heterocycles. The van der Waals surface area contributed by atoms with Crippen molar-refractivity contribution in [2.45, 2.75) is 33.0 Å². The number of hydrogen-bond acceptors (Lipinski definition) is 3. The Kier molecular flexibility index (Phi) is 4.10. The zero-order chi connectivity index (χ0) is 10.6. The molecule has 1 N–H and O–H groups in total. The third-order valence-electron chi connectivity index (χ3n) is 2.22. The van der Waals surface area contributed by atoms with E-state index in [1.54, 1.807) is 14.2 Å². The Morgan fingerprint density at radius 1 is 1.21 bits per heavy atom. The normalized spacial score (nSPS) is 11.2. The van der Waals surface area contributed by atoms with Gasteiger partial charge in [0.05, 0.1) is 5.69 Å². The zero-order valence-electron chi connectivity index (χ0n) is 9.26. The Morgan fingerprint density at radius 2 is 1.86 bits per heavy atom. The quantitative estimate of drug-likeness (QED) is 0.734. The molecule has 80 valence electrons. The second-order valence-electron chi connectivity index (χ2n) is 3.06. The van der Waals surface area contributed by atoms with E-state index in [2.05, 4.69) is 23.8 Å². The van der Waals surface area contributed by atoms with Crippen LogP contribution in [-0.2, 0) is 22.3 Å². The minimum atomic E-state index is -0.388. The van der Waals surface area contributed by atoms with Crippen LogP contribution in [0.25, 0.3) is 0 Å². The number of aromatic nitrogens is 2. The van der Waals surface area contributed by atoms with E-state index >= 15 is 0 Å². The van der Waals surface area contributed by atoms with Gasteiger partial charge in [-0.3, -0.25) is 0 Å². The maximum atomic E-state index is 5.13. The number of methoxy groups -OCH3 is 2. The van der Waals surface area contributed by atoms with Crippen LogP contribution in [0.5, 0.6) is 0 Å². The lowest BCUT2D eigenvalue weighted by Gasteiger charge is -2.09. The van der Waals surface area contributed by atoms with Crippen molar-refractivity contribution in [3.8, 4) is 0 Å². The number of nitrogens with one attached hydrogen (secondary N) is 1. The Bertz CT molecular complexity index is 258. The molecule has 1 heterocycles. The second kappa shape index (κ2) is 5.12. The van der Waals surface area contributed by atoms with Crippen molar-refractivity contribution in [3.63, 3.8) is 0 Å². The van der Waals surface area contributed by atoms with Crippen LogP contribution in [0, 0.1) is 0 Å². The van der Waals surface area contributed by atoms with E-state index in [1.165, 1.54) is 5.69 Å². The van der Waals surface area contributed by atoms with Crippen LogP contribution in [-0.4, -0.2) is 24.2 Å². The van der Waals surface area contributed by atoms with E-state index in [0.29, 0.717) is 0 Å². The van der Waals surface area contributed by atoms with Crippen molar-refractivity contribution in [1.82, 2.24) is 9.97 Å². The number of aromatic amines is 1. The van der Waals surface area contributed by atoms with Gasteiger partial charge in [0, 0.05) is 19.9 Å². The molecule has 0 spiro atoms. The van der Waals surface area contributed by atoms with E-state index in [9.17, 15) is 0 Å². The summed E-state index contributed by atoms with van der Waals surface area (Å²) in [5.74, 6) is 0.753. The first-order chi connectivity index (χ1) is 6.76. The summed E-state index contributed by atoms with van der Waals surface area (Å²) in [6, 6.07) is 0. The number of nitrogens with zero attached hydrogens (tertiary/aromatic N) is 1. The molecule has 1 aromatic rings. The van der Waals surface area contributed by atoms with Crippen molar-refractivity contribution >= 4 is 0 Å². The third kappa shape index (κ3) is 2.13. The first kappa shape index (κ1) is 11.2. The molecule has 0 atom stereocenters. The average Bonchev–Trinajstić information content (AvgIpc) is 2.63. The number of rotatable bonds is 5. The summed E-state index contributed by atoms with van der Waals surface area (Å²) in [5, 5.41) is 0. The number of ether oxygens (including phenoxy) is 2. The van der Waals surface area contributed by atoms with Crippen molar-refractivity contribution in [3.05, 3.63) is 17.2 Å². The summed E-state index contributed by atoms with van der Waals surface area (Å²) in [6.45, 7) is 4.19. The molecule has 0 amide bonds. The Morgan fingerprint density at radius 3 is 2.21 bits per heavy atom. The summed E-state index contributed by atoms with van der Waals surface area (Å²) in [6.07, 6.45) is 1.50. The van der Waals surface area contributed by atoms with Gasteiger partial charge in [-0.1, -0.05) is 13.8 Å². The molecule has 0 unspecified atom stereocenters. The summed E-state index contributed by atoms with van der Waals surface area (Å²) in [4.78, 5) is 7.66. The van der Waals surface area contributed by atoms with Gasteiger partial charge in [-0.2, -0.15) is 0 Å². The van der Waals surface area contributed by atoms with E-state index in [4.69, 9.17) is 9.47 Å². The highest BCUT2D eigenvalue weighted by molar-refractivity contribution is 5.15. The molecule has 1 aromatic heterocycles. The monoisotopic (exact) mass is 198 g/mol. The highest BCUT2D eigenvalue weighted by atomic mass is 16.7. The number of hydrogen-bond donors (Lipinski definition) is 1. The van der Waals surface area contributed by atoms with E-state index < -0.39 is 0 Å². The highest BCUT2D eigenvalue weighted by Crippen LogP contribution is 2.17. The maximum absolute atomic E-state index is 5.13. The standard InChI is InChI=1S/C10H18N2O2/c1-5-7-8(6-2)12-9(11-7)10(13-3)14-4/h10H,5-6H2,1-4H3,(H,11,12). The predicted molar refractivity (Wildman–Crippen MR) is 54.1 cm³/mol. The highest BCUT2D eigenvalue weighted by Gasteiger charge is 2.15. The third-order valence-corrected chi connectivity index (χ3v) is 2.22. The van der Waals surface area contributed by atoms with E-state index in [1.807, 2.05) is 0 Å². The van der Waals surface area contributed by atoms with Crippen LogP contribution in [0.1, 0.15) is 37.3 Å². The van der Waals surface area contributed by atoms with Crippen LogP contribution < -0.4 is 0 Å². The van der Waals surface area contributed by atoms with Crippen molar-refractivity contribution in [2.24, 2.45) is 0 Å². The smallest absolute Gasteiger partial charge is 0.216 e. The van der Waals surface area contributed by atoms with Crippen LogP contribution in [0.3, 0.4) is 0 Å². The molecule has 0 bridgehead atoms. The van der Waals surface area contributed by atoms with Gasteiger partial charge in [0.15, 0.2) is 5.82 Å². The molecule has 14 heavy (non-hydrogen) atoms. The lowest BCUT2D eigenvalue weighted by molar-refractivity contribution is -0.111. The average molecular weight is 198 g/mol. The molecule has 0 aromatic carbocycles. The summed E-state index contributed by atoms with van der Waals surface area (Å²) in [7, 11) is 3.21. The Hall–Kier alpha value is -0.870. The van der Waals surface area contributed by atoms with Gasteiger partial charge in [-0.15, -0.1) is 0 Å². The van der Waals surface area contributed by atoms with E-state index in [0.717, 1.165) is 24.4 Å². The molecular formula is C10H18N2O2. The second-order valence-corrected chi connectivity index (χ2v) is 3.06. The minimum Gasteiger partial charge on any atom is -0.349 e. The fraction of sp³-hybridized carbons (Fsp3) is 0.700. The molecule has 0 aliphatic rings. The van der Waals surface area contributed by atoms with Crippen LogP contribution in [0.2, 0.25) is 0 Å². The fourth-order valence-electron chi connectivity index (χ4n) is 1.48. The minimum absolute atomic E-state index is 0.388. The van der Waals surface area contributed by atoms with Crippen molar-refractivity contribution in [2.75, 3.05) is 14.2 Å². The van der Waals surface area contributed by atoms with Gasteiger partial charge in [-0.05, 0) is 12.8 Å². The molecular weight excluding hydrogens is 180 g/mol. The largest absolute Gasteiger partial charge is 0.349 e. The summed E-state index contributed by atoms with van der Waals surface area (Å²) < 4.78 is 10.3. The molecule has 1 rings (SSSR count). The predicted octanol–water partition coefficient (Wildman–Crippen LogP) is 1.83. The first-order valence-electron chi connectivity index (χ1n) is 4.90. The van der Waals surface area contributed by atoms with E-state index in [-0.39, 0.29) is 6.29 Å². The molecule has 4 nitrogen and oxygen atoms in total. The lowest BCUT2D eigenvalue weighted by atomic mass is 10.2. The van der Waals surface area contributed by atoms with Gasteiger partial charge in [0.2, 0.25) is 6.29 Å². The Balaban J connectivity index is 2.93. The van der Waals surface area contributed by atoms with Crippen molar-refractivity contribution in [1.29, 1.82) is 0 Å². The lowest BCUT2D eigenvalue weighted by Crippen LogP contribution is -2.05. The van der Waals surface area contributed by atoms with Crippen LogP contribution in [0.15, 0.2) is 0 Å². The number of imidazole rings is 1. The SMILES string of the molecule is CCc1nc(C(OC)OC)[nH]c1CC. The zero-order valence-corrected chi connectivity index (χ0v) is 9.26. The Labute approximate surface area is 84.6 Å². The fourth-order valence-corrected chi connectivity index (χ4v) is 1.48. The topological polar surface area (TPSA) is 47.1 Å². The van der Waals surface area contributed by atoms with Crippen LogP contribution in [0.4, 0.5) is 0 Å². The number of aryl methyl sites for hydroxylation is 2. The molecule has 0 aliphatic carbocycles.